The highest BCUT2D eigenvalue weighted by Gasteiger charge is 2.12. The number of aromatic nitrogens is 1. The Bertz CT molecular complexity index is 267. The van der Waals surface area contributed by atoms with Crippen molar-refractivity contribution in [3.63, 3.8) is 0 Å². The molecule has 0 radical (unpaired) electrons. The van der Waals surface area contributed by atoms with Crippen molar-refractivity contribution >= 4 is 5.97 Å². The summed E-state index contributed by atoms with van der Waals surface area (Å²) in [7, 11) is 0. The molecule has 0 bridgehead atoms. The number of hydrogen-bond donors (Lipinski definition) is 2. The molecule has 0 saturated carbocycles. The lowest BCUT2D eigenvalue weighted by molar-refractivity contribution is 0.0502. The predicted molar refractivity (Wildman–Crippen MR) is 43.0 cm³/mol. The summed E-state index contributed by atoms with van der Waals surface area (Å²) in [5, 5.41) is 9.06. The van der Waals surface area contributed by atoms with Crippen molar-refractivity contribution in [2.45, 2.75) is 13.3 Å². The summed E-state index contributed by atoms with van der Waals surface area (Å²) in [5.74, 6) is -0.633. The van der Waals surface area contributed by atoms with Crippen LogP contribution in [0.15, 0.2) is 12.3 Å². The second-order valence-electron chi connectivity index (χ2n) is 2.38. The van der Waals surface area contributed by atoms with Gasteiger partial charge in [0.1, 0.15) is 5.56 Å². The van der Waals surface area contributed by atoms with Gasteiger partial charge in [-0.3, -0.25) is 0 Å². The zero-order chi connectivity index (χ0) is 8.97. The van der Waals surface area contributed by atoms with Gasteiger partial charge in [0, 0.05) is 6.20 Å². The van der Waals surface area contributed by atoms with Gasteiger partial charge in [-0.2, -0.15) is 0 Å². The van der Waals surface area contributed by atoms with E-state index in [2.05, 4.69) is 4.98 Å². The molecule has 0 aromatic carbocycles. The molecule has 0 unspecified atom stereocenters. The maximum atomic E-state index is 11.1. The van der Waals surface area contributed by atoms with Crippen LogP contribution < -0.4 is 0 Å². The highest BCUT2D eigenvalue weighted by molar-refractivity contribution is 5.91. The Morgan fingerprint density at radius 1 is 1.75 bits per heavy atom. The average Bonchev–Trinajstić information content (AvgIpc) is 2.47. The van der Waals surface area contributed by atoms with E-state index in [1.165, 1.54) is 12.3 Å². The normalized spacial score (nSPS) is 9.75. The molecule has 0 spiro atoms. The summed E-state index contributed by atoms with van der Waals surface area (Å²) in [6, 6.07) is 1.48. The second-order valence-corrected chi connectivity index (χ2v) is 2.38. The lowest BCUT2D eigenvalue weighted by Gasteiger charge is -2.00. The van der Waals surface area contributed by atoms with E-state index in [4.69, 9.17) is 9.84 Å². The highest BCUT2D eigenvalue weighted by Crippen LogP contribution is 2.14. The fraction of sp³-hybridized carbons (Fsp3) is 0.375. The van der Waals surface area contributed by atoms with Crippen LogP contribution in [0.25, 0.3) is 0 Å². The molecule has 0 amide bonds. The maximum absolute atomic E-state index is 11.1. The van der Waals surface area contributed by atoms with Crippen molar-refractivity contribution in [2.24, 2.45) is 0 Å². The Morgan fingerprint density at radius 2 is 2.50 bits per heavy atom. The molecule has 12 heavy (non-hydrogen) atoms. The number of esters is 1. The Morgan fingerprint density at radius 3 is 3.00 bits per heavy atom. The van der Waals surface area contributed by atoms with Gasteiger partial charge in [-0.15, -0.1) is 0 Å². The van der Waals surface area contributed by atoms with Gasteiger partial charge in [-0.25, -0.2) is 4.79 Å². The highest BCUT2D eigenvalue weighted by atomic mass is 16.5. The molecule has 1 heterocycles. The number of aromatic amines is 1. The molecular weight excluding hydrogens is 158 g/mol. The first kappa shape index (κ1) is 8.64. The van der Waals surface area contributed by atoms with Gasteiger partial charge in [-0.1, -0.05) is 6.92 Å². The van der Waals surface area contributed by atoms with E-state index < -0.39 is 5.97 Å². The smallest absolute Gasteiger partial charge is 0.343 e. The summed E-state index contributed by atoms with van der Waals surface area (Å²) in [5.41, 5.74) is 0.184. The van der Waals surface area contributed by atoms with E-state index >= 15 is 0 Å². The fourth-order valence-electron chi connectivity index (χ4n) is 0.798. The molecule has 66 valence electrons. The Balaban J connectivity index is 2.59. The van der Waals surface area contributed by atoms with E-state index in [0.717, 1.165) is 6.42 Å². The fourth-order valence-corrected chi connectivity index (χ4v) is 0.798. The molecule has 0 aliphatic rings. The molecular formula is C8H11NO3. The van der Waals surface area contributed by atoms with Gasteiger partial charge in [0.2, 0.25) is 5.88 Å². The molecule has 0 aliphatic carbocycles. The molecule has 4 nitrogen and oxygen atoms in total. The van der Waals surface area contributed by atoms with Crippen molar-refractivity contribution in [1.29, 1.82) is 0 Å². The number of H-pyrrole nitrogens is 1. The zero-order valence-electron chi connectivity index (χ0n) is 6.83. The number of carbonyl (C=O) groups excluding carboxylic acids is 1. The van der Waals surface area contributed by atoms with Crippen LogP contribution in [0.2, 0.25) is 0 Å². The molecule has 1 aromatic heterocycles. The van der Waals surface area contributed by atoms with Gasteiger partial charge in [0.15, 0.2) is 0 Å². The van der Waals surface area contributed by atoms with Gasteiger partial charge in [-0.05, 0) is 12.5 Å². The quantitative estimate of drug-likeness (QED) is 0.670. The summed E-state index contributed by atoms with van der Waals surface area (Å²) < 4.78 is 4.80. The van der Waals surface area contributed by atoms with Crippen molar-refractivity contribution in [1.82, 2.24) is 4.98 Å². The summed E-state index contributed by atoms with van der Waals surface area (Å²) in [6.45, 7) is 2.29. The van der Waals surface area contributed by atoms with Crippen LogP contribution in [0.4, 0.5) is 0 Å². The average molecular weight is 169 g/mol. The zero-order valence-corrected chi connectivity index (χ0v) is 6.83. The van der Waals surface area contributed by atoms with Crippen LogP contribution in [0.3, 0.4) is 0 Å². The Kier molecular flexibility index (Phi) is 2.74. The standard InChI is InChI=1S/C8H11NO3/c1-2-5-12-8(11)6-3-4-9-7(6)10/h3-4,9-10H,2,5H2,1H3. The Hall–Kier alpha value is -1.45. The van der Waals surface area contributed by atoms with Crippen LogP contribution in [-0.4, -0.2) is 22.7 Å². The van der Waals surface area contributed by atoms with Gasteiger partial charge < -0.3 is 14.8 Å². The van der Waals surface area contributed by atoms with E-state index in [0.29, 0.717) is 6.61 Å². The lowest BCUT2D eigenvalue weighted by Crippen LogP contribution is -2.04. The van der Waals surface area contributed by atoms with Crippen molar-refractivity contribution < 1.29 is 14.6 Å². The first-order valence-electron chi connectivity index (χ1n) is 3.79. The molecule has 2 N–H and O–H groups in total. The number of rotatable bonds is 3. The number of nitrogens with one attached hydrogen (secondary N) is 1. The first-order chi connectivity index (χ1) is 5.75. The maximum Gasteiger partial charge on any atom is 0.343 e. The lowest BCUT2D eigenvalue weighted by atomic mass is 10.3. The largest absolute Gasteiger partial charge is 0.494 e. The second kappa shape index (κ2) is 3.80. The van der Waals surface area contributed by atoms with Crippen molar-refractivity contribution in [2.75, 3.05) is 6.61 Å². The number of ether oxygens (including phenoxy) is 1. The van der Waals surface area contributed by atoms with E-state index in [9.17, 15) is 4.79 Å². The minimum absolute atomic E-state index is 0.142. The SMILES string of the molecule is CCCOC(=O)c1cc[nH]c1O. The minimum Gasteiger partial charge on any atom is -0.494 e. The summed E-state index contributed by atoms with van der Waals surface area (Å²) in [6.07, 6.45) is 2.26. The van der Waals surface area contributed by atoms with E-state index in [1.54, 1.807) is 0 Å². The minimum atomic E-state index is -0.490. The van der Waals surface area contributed by atoms with Gasteiger partial charge in [0.05, 0.1) is 6.61 Å². The van der Waals surface area contributed by atoms with E-state index in [1.807, 2.05) is 6.92 Å². The van der Waals surface area contributed by atoms with Crippen LogP contribution in [-0.2, 0) is 4.74 Å². The monoisotopic (exact) mass is 169 g/mol. The van der Waals surface area contributed by atoms with Crippen LogP contribution in [0, 0.1) is 0 Å². The predicted octanol–water partition coefficient (Wildman–Crippen LogP) is 1.29. The molecule has 4 heteroatoms. The summed E-state index contributed by atoms with van der Waals surface area (Å²) in [4.78, 5) is 13.6. The van der Waals surface area contributed by atoms with Gasteiger partial charge in [0.25, 0.3) is 0 Å². The molecule has 0 fully saturated rings. The molecule has 1 rings (SSSR count). The third-order valence-corrected chi connectivity index (χ3v) is 1.38. The van der Waals surface area contributed by atoms with Gasteiger partial charge >= 0.3 is 5.97 Å². The molecule has 1 aromatic rings. The van der Waals surface area contributed by atoms with Crippen LogP contribution in [0.1, 0.15) is 23.7 Å². The molecule has 0 atom stereocenters. The number of carbonyl (C=O) groups is 1. The Labute approximate surface area is 70.2 Å². The van der Waals surface area contributed by atoms with E-state index in [-0.39, 0.29) is 11.4 Å². The van der Waals surface area contributed by atoms with Crippen LogP contribution >= 0.6 is 0 Å². The van der Waals surface area contributed by atoms with Crippen molar-refractivity contribution in [3.8, 4) is 5.88 Å². The summed E-state index contributed by atoms with van der Waals surface area (Å²) >= 11 is 0. The molecule has 0 aliphatic heterocycles. The third kappa shape index (κ3) is 1.78. The first-order valence-corrected chi connectivity index (χ1v) is 3.79. The topological polar surface area (TPSA) is 62.3 Å². The molecule has 0 saturated heterocycles. The van der Waals surface area contributed by atoms with Crippen molar-refractivity contribution in [3.05, 3.63) is 17.8 Å². The van der Waals surface area contributed by atoms with Crippen LogP contribution in [0.5, 0.6) is 5.88 Å². The third-order valence-electron chi connectivity index (χ3n) is 1.38. The number of hydrogen-bond acceptors (Lipinski definition) is 3. The number of aromatic hydroxyl groups is 1.